The fourth-order valence-electron chi connectivity index (χ4n) is 2.30. The van der Waals surface area contributed by atoms with Crippen molar-refractivity contribution in [2.45, 2.75) is 12.8 Å². The van der Waals surface area contributed by atoms with E-state index in [1.807, 2.05) is 0 Å². The lowest BCUT2D eigenvalue weighted by molar-refractivity contribution is 0.0497. The molecule has 0 aromatic heterocycles. The molecule has 0 saturated carbocycles. The summed E-state index contributed by atoms with van der Waals surface area (Å²) in [6, 6.07) is 4.08. The summed E-state index contributed by atoms with van der Waals surface area (Å²) in [5, 5.41) is 0. The average molecular weight is 266 g/mol. The van der Waals surface area contributed by atoms with Crippen molar-refractivity contribution in [3.63, 3.8) is 0 Å². The maximum absolute atomic E-state index is 13.1. The third-order valence-corrected chi connectivity index (χ3v) is 3.46. The second-order valence-corrected chi connectivity index (χ2v) is 4.98. The topological polar surface area (TPSA) is 55.6 Å². The number of nitrogen functional groups attached to an aromatic ring is 1. The number of amides is 1. The summed E-state index contributed by atoms with van der Waals surface area (Å²) >= 11 is 0. The molecule has 4 nitrogen and oxygen atoms in total. The fourth-order valence-corrected chi connectivity index (χ4v) is 2.30. The van der Waals surface area contributed by atoms with Gasteiger partial charge >= 0.3 is 0 Å². The number of ether oxygens (including phenoxy) is 1. The standard InChI is InChI=1S/C14H19FN2O2/c1-17(9-10-4-6-19-7-5-10)14(18)11-2-3-12(15)13(16)8-11/h2-3,8,10H,4-7,9,16H2,1H3. The van der Waals surface area contributed by atoms with Crippen LogP contribution >= 0.6 is 0 Å². The van der Waals surface area contributed by atoms with Crippen molar-refractivity contribution >= 4 is 11.6 Å². The van der Waals surface area contributed by atoms with Gasteiger partial charge in [0.05, 0.1) is 5.69 Å². The quantitative estimate of drug-likeness (QED) is 0.850. The van der Waals surface area contributed by atoms with Crippen LogP contribution in [0.15, 0.2) is 18.2 Å². The summed E-state index contributed by atoms with van der Waals surface area (Å²) in [6.45, 7) is 2.21. The minimum Gasteiger partial charge on any atom is -0.396 e. The molecule has 2 rings (SSSR count). The maximum atomic E-state index is 13.1. The number of hydrogen-bond acceptors (Lipinski definition) is 3. The first-order valence-electron chi connectivity index (χ1n) is 6.46. The van der Waals surface area contributed by atoms with E-state index in [1.165, 1.54) is 18.2 Å². The van der Waals surface area contributed by atoms with E-state index in [0.717, 1.165) is 26.1 Å². The molecule has 0 bridgehead atoms. The number of anilines is 1. The first-order chi connectivity index (χ1) is 9.08. The van der Waals surface area contributed by atoms with Crippen molar-refractivity contribution in [2.24, 2.45) is 5.92 Å². The van der Waals surface area contributed by atoms with E-state index in [9.17, 15) is 9.18 Å². The predicted molar refractivity (Wildman–Crippen MR) is 71.3 cm³/mol. The van der Waals surface area contributed by atoms with Gasteiger partial charge < -0.3 is 15.4 Å². The van der Waals surface area contributed by atoms with Crippen molar-refractivity contribution in [3.8, 4) is 0 Å². The van der Waals surface area contributed by atoms with E-state index in [0.29, 0.717) is 18.0 Å². The number of halogens is 1. The average Bonchev–Trinajstić information content (AvgIpc) is 2.42. The molecule has 104 valence electrons. The Hall–Kier alpha value is -1.62. The Balaban J connectivity index is 1.99. The summed E-state index contributed by atoms with van der Waals surface area (Å²) < 4.78 is 18.4. The largest absolute Gasteiger partial charge is 0.396 e. The number of rotatable bonds is 3. The Kier molecular flexibility index (Phi) is 4.37. The van der Waals surface area contributed by atoms with E-state index in [4.69, 9.17) is 10.5 Å². The van der Waals surface area contributed by atoms with Crippen molar-refractivity contribution in [1.82, 2.24) is 4.90 Å². The van der Waals surface area contributed by atoms with Gasteiger partial charge in [-0.1, -0.05) is 0 Å². The van der Waals surface area contributed by atoms with E-state index >= 15 is 0 Å². The SMILES string of the molecule is CN(CC1CCOCC1)C(=O)c1ccc(F)c(N)c1. The Morgan fingerprint density at radius 3 is 2.79 bits per heavy atom. The molecule has 1 aliphatic rings. The molecule has 19 heavy (non-hydrogen) atoms. The lowest BCUT2D eigenvalue weighted by atomic mass is 9.99. The van der Waals surface area contributed by atoms with Gasteiger partial charge in [0.2, 0.25) is 0 Å². The van der Waals surface area contributed by atoms with Gasteiger partial charge in [-0.2, -0.15) is 0 Å². The second-order valence-electron chi connectivity index (χ2n) is 4.98. The van der Waals surface area contributed by atoms with Gasteiger partial charge in [-0.15, -0.1) is 0 Å². The Morgan fingerprint density at radius 1 is 1.47 bits per heavy atom. The minimum absolute atomic E-state index is 0.00492. The maximum Gasteiger partial charge on any atom is 0.253 e. The number of nitrogens with two attached hydrogens (primary N) is 1. The van der Waals surface area contributed by atoms with Gasteiger partial charge in [0.1, 0.15) is 5.82 Å². The molecule has 1 aliphatic heterocycles. The molecule has 0 atom stereocenters. The molecule has 1 aromatic carbocycles. The zero-order chi connectivity index (χ0) is 13.8. The van der Waals surface area contributed by atoms with Gasteiger partial charge in [0.25, 0.3) is 5.91 Å². The highest BCUT2D eigenvalue weighted by Crippen LogP contribution is 2.18. The molecule has 0 unspecified atom stereocenters. The molecule has 0 aliphatic carbocycles. The van der Waals surface area contributed by atoms with Gasteiger partial charge in [-0.05, 0) is 37.0 Å². The molecule has 1 amide bonds. The molecule has 1 saturated heterocycles. The zero-order valence-electron chi connectivity index (χ0n) is 11.1. The van der Waals surface area contributed by atoms with Crippen LogP contribution in [0.5, 0.6) is 0 Å². The van der Waals surface area contributed by atoms with Gasteiger partial charge in [-0.3, -0.25) is 4.79 Å². The molecular weight excluding hydrogens is 247 g/mol. The Bertz CT molecular complexity index is 459. The summed E-state index contributed by atoms with van der Waals surface area (Å²) in [4.78, 5) is 13.9. The van der Waals surface area contributed by atoms with Gasteiger partial charge in [-0.25, -0.2) is 4.39 Å². The Labute approximate surface area is 112 Å². The molecule has 2 N–H and O–H groups in total. The van der Waals surface area contributed by atoms with Crippen LogP contribution < -0.4 is 5.73 Å². The van der Waals surface area contributed by atoms with Crippen LogP contribution in [0.25, 0.3) is 0 Å². The van der Waals surface area contributed by atoms with E-state index in [2.05, 4.69) is 0 Å². The number of carbonyl (C=O) groups excluding carboxylic acids is 1. The van der Waals surface area contributed by atoms with Crippen molar-refractivity contribution in [3.05, 3.63) is 29.6 Å². The molecule has 0 spiro atoms. The normalized spacial score (nSPS) is 16.3. The molecular formula is C14H19FN2O2. The smallest absolute Gasteiger partial charge is 0.253 e. The Morgan fingerprint density at radius 2 is 2.16 bits per heavy atom. The van der Waals surface area contributed by atoms with Crippen LogP contribution in [0.1, 0.15) is 23.2 Å². The number of hydrogen-bond donors (Lipinski definition) is 1. The molecule has 0 radical (unpaired) electrons. The van der Waals surface area contributed by atoms with Crippen LogP contribution in [0, 0.1) is 11.7 Å². The van der Waals surface area contributed by atoms with Crippen molar-refractivity contribution in [2.75, 3.05) is 32.5 Å². The highest BCUT2D eigenvalue weighted by atomic mass is 19.1. The van der Waals surface area contributed by atoms with Gasteiger partial charge in [0, 0.05) is 32.4 Å². The number of nitrogens with zero attached hydrogens (tertiary/aromatic N) is 1. The number of benzene rings is 1. The summed E-state index contributed by atoms with van der Waals surface area (Å²) in [7, 11) is 1.76. The summed E-state index contributed by atoms with van der Waals surface area (Å²) in [5.41, 5.74) is 5.91. The summed E-state index contributed by atoms with van der Waals surface area (Å²) in [5.74, 6) is -0.151. The minimum atomic E-state index is -0.497. The van der Waals surface area contributed by atoms with E-state index in [-0.39, 0.29) is 11.6 Å². The predicted octanol–water partition coefficient (Wildman–Crippen LogP) is 1.91. The lowest BCUT2D eigenvalue weighted by Crippen LogP contribution is -2.34. The highest BCUT2D eigenvalue weighted by Gasteiger charge is 2.19. The summed E-state index contributed by atoms with van der Waals surface area (Å²) in [6.07, 6.45) is 1.95. The van der Waals surface area contributed by atoms with E-state index < -0.39 is 5.82 Å². The third kappa shape index (κ3) is 3.44. The first-order valence-corrected chi connectivity index (χ1v) is 6.46. The van der Waals surface area contributed by atoms with Crippen LogP contribution in [0.4, 0.5) is 10.1 Å². The van der Waals surface area contributed by atoms with Crippen LogP contribution in [-0.4, -0.2) is 37.6 Å². The van der Waals surface area contributed by atoms with Gasteiger partial charge in [0.15, 0.2) is 0 Å². The monoisotopic (exact) mass is 266 g/mol. The van der Waals surface area contributed by atoms with Crippen LogP contribution in [-0.2, 0) is 4.74 Å². The molecule has 1 fully saturated rings. The zero-order valence-corrected chi connectivity index (χ0v) is 11.1. The first kappa shape index (κ1) is 13.8. The molecule has 5 heteroatoms. The number of carbonyl (C=O) groups is 1. The molecule has 1 aromatic rings. The lowest BCUT2D eigenvalue weighted by Gasteiger charge is -2.27. The van der Waals surface area contributed by atoms with Crippen molar-refractivity contribution in [1.29, 1.82) is 0 Å². The molecule has 1 heterocycles. The van der Waals surface area contributed by atoms with E-state index in [1.54, 1.807) is 11.9 Å². The third-order valence-electron chi connectivity index (χ3n) is 3.46. The highest BCUT2D eigenvalue weighted by molar-refractivity contribution is 5.94. The second kappa shape index (κ2) is 6.02. The van der Waals surface area contributed by atoms with Crippen LogP contribution in [0.3, 0.4) is 0 Å². The van der Waals surface area contributed by atoms with Crippen LogP contribution in [0.2, 0.25) is 0 Å². The van der Waals surface area contributed by atoms with Crippen molar-refractivity contribution < 1.29 is 13.9 Å². The fraction of sp³-hybridized carbons (Fsp3) is 0.500.